The highest BCUT2D eigenvalue weighted by Gasteiger charge is 2.26. The molecule has 1 heterocycles. The topological polar surface area (TPSA) is 60.3 Å². The van der Waals surface area contributed by atoms with Crippen LogP contribution in [-0.4, -0.2) is 16.4 Å². The number of rotatable bonds is 5. The van der Waals surface area contributed by atoms with Crippen LogP contribution in [0.15, 0.2) is 72.9 Å². The number of hydrogen-bond acceptors (Lipinski definition) is 3. The lowest BCUT2D eigenvalue weighted by Crippen LogP contribution is -2.26. The lowest BCUT2D eigenvalue weighted by Gasteiger charge is -2.18. The smallest absolute Gasteiger partial charge is 0.356 e. The Bertz CT molecular complexity index is 904. The van der Waals surface area contributed by atoms with Crippen molar-refractivity contribution in [3.8, 4) is 0 Å². The van der Waals surface area contributed by atoms with Gasteiger partial charge in [0.25, 0.3) is 5.91 Å². The van der Waals surface area contributed by atoms with Gasteiger partial charge in [-0.05, 0) is 36.4 Å². The zero-order valence-electron chi connectivity index (χ0n) is 14.1. The molecular formula is C20H17FN2O3. The number of aromatic nitrogens is 1. The zero-order chi connectivity index (χ0) is 18.5. The maximum atomic E-state index is 13.0. The SMILES string of the molecule is Cn1cccc1C(=O)O[C@H](C(=O)Nc1ccc(F)cc1)c1ccccc1. The van der Waals surface area contributed by atoms with Gasteiger partial charge in [-0.25, -0.2) is 9.18 Å². The van der Waals surface area contributed by atoms with Crippen molar-refractivity contribution < 1.29 is 18.7 Å². The van der Waals surface area contributed by atoms with Crippen molar-refractivity contribution in [2.75, 3.05) is 5.32 Å². The van der Waals surface area contributed by atoms with Crippen molar-refractivity contribution >= 4 is 17.6 Å². The average Bonchev–Trinajstić information content (AvgIpc) is 3.08. The summed E-state index contributed by atoms with van der Waals surface area (Å²) in [6.45, 7) is 0. The van der Waals surface area contributed by atoms with Crippen LogP contribution in [0.4, 0.5) is 10.1 Å². The van der Waals surface area contributed by atoms with Gasteiger partial charge < -0.3 is 14.6 Å². The number of aryl methyl sites for hydroxylation is 1. The summed E-state index contributed by atoms with van der Waals surface area (Å²) in [6.07, 6.45) is 0.579. The molecule has 0 fully saturated rings. The first-order valence-corrected chi connectivity index (χ1v) is 7.98. The van der Waals surface area contributed by atoms with E-state index in [2.05, 4.69) is 5.32 Å². The van der Waals surface area contributed by atoms with Gasteiger partial charge >= 0.3 is 5.97 Å². The number of halogens is 1. The van der Waals surface area contributed by atoms with Crippen molar-refractivity contribution in [1.82, 2.24) is 4.57 Å². The van der Waals surface area contributed by atoms with Crippen LogP contribution in [0, 0.1) is 5.82 Å². The number of nitrogens with one attached hydrogen (secondary N) is 1. The molecule has 1 amide bonds. The van der Waals surface area contributed by atoms with Crippen molar-refractivity contribution in [3.05, 3.63) is 90.0 Å². The van der Waals surface area contributed by atoms with Gasteiger partial charge in [0.2, 0.25) is 6.10 Å². The summed E-state index contributed by atoms with van der Waals surface area (Å²) < 4.78 is 20.1. The molecule has 1 N–H and O–H groups in total. The second-order valence-electron chi connectivity index (χ2n) is 5.70. The van der Waals surface area contributed by atoms with Crippen LogP contribution >= 0.6 is 0 Å². The number of ether oxygens (including phenoxy) is 1. The molecule has 5 nitrogen and oxygen atoms in total. The molecule has 0 aliphatic rings. The molecule has 0 aliphatic heterocycles. The molecule has 0 aliphatic carbocycles. The van der Waals surface area contributed by atoms with E-state index in [1.54, 1.807) is 60.3 Å². The van der Waals surface area contributed by atoms with E-state index in [-0.39, 0.29) is 0 Å². The molecule has 0 unspecified atom stereocenters. The highest BCUT2D eigenvalue weighted by Crippen LogP contribution is 2.22. The molecule has 0 saturated carbocycles. The first kappa shape index (κ1) is 17.4. The summed E-state index contributed by atoms with van der Waals surface area (Å²) in [5.41, 5.74) is 1.28. The lowest BCUT2D eigenvalue weighted by molar-refractivity contribution is -0.125. The molecule has 132 valence electrons. The molecular weight excluding hydrogens is 335 g/mol. The molecule has 3 aromatic rings. The molecule has 26 heavy (non-hydrogen) atoms. The maximum absolute atomic E-state index is 13.0. The van der Waals surface area contributed by atoms with Crippen LogP contribution in [0.1, 0.15) is 22.2 Å². The van der Waals surface area contributed by atoms with E-state index in [9.17, 15) is 14.0 Å². The molecule has 2 aromatic carbocycles. The van der Waals surface area contributed by atoms with Gasteiger partial charge in [0, 0.05) is 24.5 Å². The highest BCUT2D eigenvalue weighted by atomic mass is 19.1. The maximum Gasteiger partial charge on any atom is 0.356 e. The van der Waals surface area contributed by atoms with Crippen LogP contribution in [0.25, 0.3) is 0 Å². The van der Waals surface area contributed by atoms with E-state index >= 15 is 0 Å². The van der Waals surface area contributed by atoms with E-state index in [1.165, 1.54) is 24.3 Å². The predicted octanol–water partition coefficient (Wildman–Crippen LogP) is 3.70. The summed E-state index contributed by atoms with van der Waals surface area (Å²) in [5.74, 6) is -1.54. The van der Waals surface area contributed by atoms with E-state index in [1.807, 2.05) is 0 Å². The predicted molar refractivity (Wildman–Crippen MR) is 95.0 cm³/mol. The molecule has 1 atom stereocenters. The third-order valence-electron chi connectivity index (χ3n) is 3.83. The Hall–Kier alpha value is -3.41. The third-order valence-corrected chi connectivity index (χ3v) is 3.83. The zero-order valence-corrected chi connectivity index (χ0v) is 14.1. The Morgan fingerprint density at radius 3 is 2.31 bits per heavy atom. The Balaban J connectivity index is 1.83. The van der Waals surface area contributed by atoms with Gasteiger partial charge in [-0.2, -0.15) is 0 Å². The van der Waals surface area contributed by atoms with Gasteiger partial charge in [0.05, 0.1) is 0 Å². The van der Waals surface area contributed by atoms with Gasteiger partial charge in [0.15, 0.2) is 0 Å². The largest absolute Gasteiger partial charge is 0.443 e. The van der Waals surface area contributed by atoms with Gasteiger partial charge in [-0.15, -0.1) is 0 Å². The first-order chi connectivity index (χ1) is 12.5. The fourth-order valence-corrected chi connectivity index (χ4v) is 2.48. The van der Waals surface area contributed by atoms with Crippen LogP contribution in [0.3, 0.4) is 0 Å². The second-order valence-corrected chi connectivity index (χ2v) is 5.70. The Morgan fingerprint density at radius 1 is 1.00 bits per heavy atom. The monoisotopic (exact) mass is 352 g/mol. The van der Waals surface area contributed by atoms with Crippen molar-refractivity contribution in [1.29, 1.82) is 0 Å². The summed E-state index contributed by atoms with van der Waals surface area (Å²) >= 11 is 0. The second kappa shape index (κ2) is 7.65. The minimum Gasteiger partial charge on any atom is -0.443 e. The standard InChI is InChI=1S/C20H17FN2O3/c1-23-13-5-8-17(23)20(25)26-18(14-6-3-2-4-7-14)19(24)22-16-11-9-15(21)10-12-16/h2-13,18H,1H3,(H,22,24)/t18-/m0/s1. The Labute approximate surface area is 150 Å². The van der Waals surface area contributed by atoms with Crippen molar-refractivity contribution in [2.24, 2.45) is 7.05 Å². The fraction of sp³-hybridized carbons (Fsp3) is 0.100. The molecule has 0 bridgehead atoms. The minimum atomic E-state index is -1.14. The van der Waals surface area contributed by atoms with Crippen molar-refractivity contribution in [3.63, 3.8) is 0 Å². The van der Waals surface area contributed by atoms with Gasteiger partial charge in [-0.1, -0.05) is 30.3 Å². The highest BCUT2D eigenvalue weighted by molar-refractivity contribution is 5.97. The number of anilines is 1. The quantitative estimate of drug-likeness (QED) is 0.712. The number of carbonyl (C=O) groups is 2. The number of benzene rings is 2. The summed E-state index contributed by atoms with van der Waals surface area (Å²) in [5, 5.41) is 2.64. The van der Waals surface area contributed by atoms with Crippen LogP contribution in [0.2, 0.25) is 0 Å². The van der Waals surface area contributed by atoms with Crippen LogP contribution in [-0.2, 0) is 16.6 Å². The van der Waals surface area contributed by atoms with Crippen molar-refractivity contribution in [2.45, 2.75) is 6.10 Å². The average molecular weight is 352 g/mol. The lowest BCUT2D eigenvalue weighted by atomic mass is 10.1. The summed E-state index contributed by atoms with van der Waals surface area (Å²) in [7, 11) is 1.71. The van der Waals surface area contributed by atoms with Gasteiger partial charge in [-0.3, -0.25) is 4.79 Å². The van der Waals surface area contributed by atoms with E-state index in [0.29, 0.717) is 16.9 Å². The minimum absolute atomic E-state index is 0.334. The van der Waals surface area contributed by atoms with Crippen LogP contribution < -0.4 is 5.32 Å². The third kappa shape index (κ3) is 3.97. The Kier molecular flexibility index (Phi) is 5.12. The number of hydrogen-bond donors (Lipinski definition) is 1. The Morgan fingerprint density at radius 2 is 1.69 bits per heavy atom. The number of carbonyl (C=O) groups excluding carboxylic acids is 2. The molecule has 3 rings (SSSR count). The molecule has 1 aromatic heterocycles. The number of nitrogens with zero attached hydrogens (tertiary/aromatic N) is 1. The van der Waals surface area contributed by atoms with E-state index in [4.69, 9.17) is 4.74 Å². The first-order valence-electron chi connectivity index (χ1n) is 7.98. The van der Waals surface area contributed by atoms with Crippen LogP contribution in [0.5, 0.6) is 0 Å². The normalized spacial score (nSPS) is 11.6. The number of amides is 1. The molecule has 0 saturated heterocycles. The van der Waals surface area contributed by atoms with E-state index < -0.39 is 23.8 Å². The summed E-state index contributed by atoms with van der Waals surface area (Å²) in [4.78, 5) is 25.1. The number of esters is 1. The molecule has 0 spiro atoms. The molecule has 0 radical (unpaired) electrons. The summed E-state index contributed by atoms with van der Waals surface area (Å²) in [6, 6.07) is 17.4. The van der Waals surface area contributed by atoms with Gasteiger partial charge in [0.1, 0.15) is 11.5 Å². The van der Waals surface area contributed by atoms with E-state index in [0.717, 1.165) is 0 Å². The fourth-order valence-electron chi connectivity index (χ4n) is 2.48. The molecule has 6 heteroatoms.